The van der Waals surface area contributed by atoms with Crippen LogP contribution in [0, 0.1) is 5.92 Å². The van der Waals surface area contributed by atoms with E-state index < -0.39 is 18.0 Å². The van der Waals surface area contributed by atoms with Crippen LogP contribution in [0.15, 0.2) is 0 Å². The van der Waals surface area contributed by atoms with Gasteiger partial charge < -0.3 is 19.3 Å². The maximum atomic E-state index is 11.3. The predicted octanol–water partition coefficient (Wildman–Crippen LogP) is 0.446. The average molecular weight is 246 g/mol. The summed E-state index contributed by atoms with van der Waals surface area (Å²) in [6.45, 7) is 3.33. The van der Waals surface area contributed by atoms with E-state index in [9.17, 15) is 9.59 Å². The number of hydrogen-bond acceptors (Lipinski definition) is 5. The fourth-order valence-electron chi connectivity index (χ4n) is 1.60. The lowest BCUT2D eigenvalue weighted by Gasteiger charge is -2.23. The fourth-order valence-corrected chi connectivity index (χ4v) is 1.60. The van der Waals surface area contributed by atoms with Gasteiger partial charge in [0.25, 0.3) is 6.10 Å². The molecule has 0 saturated carbocycles. The second-order valence-electron chi connectivity index (χ2n) is 3.86. The number of ether oxygens (including phenoxy) is 3. The molecule has 0 aromatic carbocycles. The summed E-state index contributed by atoms with van der Waals surface area (Å²) >= 11 is 0. The Balaban J connectivity index is 2.38. The topological polar surface area (TPSA) is 82.1 Å². The highest BCUT2D eigenvalue weighted by molar-refractivity contribution is 5.97. The van der Waals surface area contributed by atoms with Crippen molar-refractivity contribution in [3.05, 3.63) is 0 Å². The average Bonchev–Trinajstić information content (AvgIpc) is 2.30. The molecule has 1 unspecified atom stereocenters. The molecule has 0 amide bonds. The number of carbonyl (C=O) groups excluding carboxylic acids is 1. The molecule has 1 rings (SSSR count). The number of carboxylic acid groups (broad SMARTS) is 1. The number of rotatable bonds is 6. The Morgan fingerprint density at radius 1 is 1.41 bits per heavy atom. The van der Waals surface area contributed by atoms with Crippen LogP contribution in [0.25, 0.3) is 0 Å². The Bertz CT molecular complexity index is 259. The number of hydrogen-bond donors (Lipinski definition) is 1. The molecule has 0 bridgehead atoms. The van der Waals surface area contributed by atoms with Crippen molar-refractivity contribution in [2.75, 3.05) is 26.4 Å². The molecular weight excluding hydrogens is 228 g/mol. The lowest BCUT2D eigenvalue weighted by atomic mass is 10.0. The Labute approximate surface area is 99.8 Å². The van der Waals surface area contributed by atoms with Crippen LogP contribution >= 0.6 is 0 Å². The van der Waals surface area contributed by atoms with E-state index in [0.717, 1.165) is 12.8 Å². The molecule has 0 radical (unpaired) electrons. The summed E-state index contributed by atoms with van der Waals surface area (Å²) in [5.74, 6) is -1.90. The fraction of sp³-hybridized carbons (Fsp3) is 0.818. The van der Waals surface area contributed by atoms with Crippen LogP contribution in [-0.2, 0) is 23.8 Å². The van der Waals surface area contributed by atoms with Crippen molar-refractivity contribution >= 4 is 11.9 Å². The lowest BCUT2D eigenvalue weighted by molar-refractivity contribution is -0.171. The standard InChI is InChI=1S/C11H18O6/c1-2-16-11(14)9(10(12)13)17-7-8-3-5-15-6-4-8/h8-9H,2-7H2,1H3,(H,12,13). The molecular formula is C11H18O6. The molecule has 1 aliphatic heterocycles. The highest BCUT2D eigenvalue weighted by atomic mass is 16.6. The van der Waals surface area contributed by atoms with Crippen molar-refractivity contribution in [1.29, 1.82) is 0 Å². The van der Waals surface area contributed by atoms with Gasteiger partial charge in [0.2, 0.25) is 0 Å². The van der Waals surface area contributed by atoms with Gasteiger partial charge >= 0.3 is 11.9 Å². The molecule has 17 heavy (non-hydrogen) atoms. The summed E-state index contributed by atoms with van der Waals surface area (Å²) in [4.78, 5) is 22.1. The minimum Gasteiger partial charge on any atom is -0.479 e. The van der Waals surface area contributed by atoms with Gasteiger partial charge in [0.05, 0.1) is 13.2 Å². The van der Waals surface area contributed by atoms with Crippen molar-refractivity contribution in [2.45, 2.75) is 25.9 Å². The highest BCUT2D eigenvalue weighted by Gasteiger charge is 2.29. The third-order valence-corrected chi connectivity index (χ3v) is 2.56. The predicted molar refractivity (Wildman–Crippen MR) is 57.6 cm³/mol. The van der Waals surface area contributed by atoms with Gasteiger partial charge in [0.15, 0.2) is 0 Å². The van der Waals surface area contributed by atoms with Crippen LogP contribution in [0.1, 0.15) is 19.8 Å². The van der Waals surface area contributed by atoms with E-state index in [1.807, 2.05) is 0 Å². The molecule has 0 aromatic heterocycles. The van der Waals surface area contributed by atoms with E-state index in [0.29, 0.717) is 13.2 Å². The molecule has 0 spiro atoms. The summed E-state index contributed by atoms with van der Waals surface area (Å²) in [7, 11) is 0. The first-order chi connectivity index (χ1) is 8.15. The van der Waals surface area contributed by atoms with Crippen LogP contribution in [-0.4, -0.2) is 49.6 Å². The van der Waals surface area contributed by atoms with Gasteiger partial charge in [-0.3, -0.25) is 0 Å². The normalized spacial score (nSPS) is 18.6. The monoisotopic (exact) mass is 246 g/mol. The molecule has 0 aliphatic carbocycles. The first kappa shape index (κ1) is 13.9. The molecule has 1 N–H and O–H groups in total. The third kappa shape index (κ3) is 4.70. The van der Waals surface area contributed by atoms with Crippen molar-refractivity contribution in [1.82, 2.24) is 0 Å². The molecule has 1 fully saturated rings. The van der Waals surface area contributed by atoms with Crippen molar-refractivity contribution in [2.24, 2.45) is 5.92 Å². The van der Waals surface area contributed by atoms with Crippen LogP contribution in [0.5, 0.6) is 0 Å². The Kier molecular flexibility index (Phi) is 5.93. The van der Waals surface area contributed by atoms with Gasteiger partial charge in [0.1, 0.15) is 0 Å². The van der Waals surface area contributed by atoms with E-state index in [-0.39, 0.29) is 19.1 Å². The van der Waals surface area contributed by atoms with Crippen molar-refractivity contribution in [3.63, 3.8) is 0 Å². The second-order valence-corrected chi connectivity index (χ2v) is 3.86. The summed E-state index contributed by atoms with van der Waals surface area (Å²) in [5.41, 5.74) is 0. The quantitative estimate of drug-likeness (QED) is 0.541. The maximum absolute atomic E-state index is 11.3. The number of carbonyl (C=O) groups is 2. The molecule has 0 aromatic rings. The molecule has 1 atom stereocenters. The van der Waals surface area contributed by atoms with Crippen LogP contribution in [0.3, 0.4) is 0 Å². The molecule has 1 heterocycles. The highest BCUT2D eigenvalue weighted by Crippen LogP contribution is 2.15. The summed E-state index contributed by atoms with van der Waals surface area (Å²) in [5, 5.41) is 8.85. The lowest BCUT2D eigenvalue weighted by Crippen LogP contribution is -2.36. The maximum Gasteiger partial charge on any atom is 0.347 e. The summed E-state index contributed by atoms with van der Waals surface area (Å²) in [6.07, 6.45) is 0.141. The minimum absolute atomic E-state index is 0.142. The Morgan fingerprint density at radius 2 is 2.06 bits per heavy atom. The zero-order chi connectivity index (χ0) is 12.7. The van der Waals surface area contributed by atoms with Gasteiger partial charge in [-0.25, -0.2) is 9.59 Å². The van der Waals surface area contributed by atoms with Crippen LogP contribution in [0.2, 0.25) is 0 Å². The number of carboxylic acids is 1. The van der Waals surface area contributed by atoms with Crippen molar-refractivity contribution in [3.8, 4) is 0 Å². The van der Waals surface area contributed by atoms with Gasteiger partial charge in [-0.1, -0.05) is 0 Å². The SMILES string of the molecule is CCOC(=O)C(OCC1CCOCC1)C(=O)O. The molecule has 1 aliphatic rings. The molecule has 6 nitrogen and oxygen atoms in total. The van der Waals surface area contributed by atoms with E-state index >= 15 is 0 Å². The number of aliphatic carboxylic acids is 1. The number of esters is 1. The minimum atomic E-state index is -1.52. The largest absolute Gasteiger partial charge is 0.479 e. The zero-order valence-corrected chi connectivity index (χ0v) is 9.89. The summed E-state index contributed by atoms with van der Waals surface area (Å²) < 4.78 is 14.9. The molecule has 1 saturated heterocycles. The van der Waals surface area contributed by atoms with E-state index in [1.54, 1.807) is 6.92 Å². The van der Waals surface area contributed by atoms with E-state index in [4.69, 9.17) is 14.6 Å². The van der Waals surface area contributed by atoms with Crippen LogP contribution in [0.4, 0.5) is 0 Å². The Hall–Kier alpha value is -1.14. The van der Waals surface area contributed by atoms with E-state index in [1.165, 1.54) is 0 Å². The molecule has 6 heteroatoms. The molecule has 98 valence electrons. The first-order valence-electron chi connectivity index (χ1n) is 5.74. The third-order valence-electron chi connectivity index (χ3n) is 2.56. The van der Waals surface area contributed by atoms with Gasteiger partial charge in [-0.05, 0) is 25.7 Å². The second kappa shape index (κ2) is 7.24. The first-order valence-corrected chi connectivity index (χ1v) is 5.74. The van der Waals surface area contributed by atoms with Gasteiger partial charge in [0, 0.05) is 13.2 Å². The zero-order valence-electron chi connectivity index (χ0n) is 9.89. The smallest absolute Gasteiger partial charge is 0.347 e. The Morgan fingerprint density at radius 3 is 2.59 bits per heavy atom. The van der Waals surface area contributed by atoms with E-state index in [2.05, 4.69) is 4.74 Å². The van der Waals surface area contributed by atoms with Gasteiger partial charge in [-0.15, -0.1) is 0 Å². The summed E-state index contributed by atoms with van der Waals surface area (Å²) in [6, 6.07) is 0. The van der Waals surface area contributed by atoms with Crippen LogP contribution < -0.4 is 0 Å². The van der Waals surface area contributed by atoms with Crippen molar-refractivity contribution < 1.29 is 28.9 Å². The van der Waals surface area contributed by atoms with Gasteiger partial charge in [-0.2, -0.15) is 0 Å².